The van der Waals surface area contributed by atoms with Crippen LogP contribution in [0.15, 0.2) is 0 Å². The molecule has 2 heteroatoms. The molecular formula is C8H14O2. The van der Waals surface area contributed by atoms with Gasteiger partial charge in [-0.1, -0.05) is 6.92 Å². The minimum absolute atomic E-state index is 0.120. The number of aldehydes is 1. The fourth-order valence-corrected chi connectivity index (χ4v) is 1.20. The Hall–Kier alpha value is -0.370. The van der Waals surface area contributed by atoms with Gasteiger partial charge in [-0.15, -0.1) is 0 Å². The molecular weight excluding hydrogens is 128 g/mol. The highest BCUT2D eigenvalue weighted by Gasteiger charge is 2.14. The molecule has 0 radical (unpaired) electrons. The fourth-order valence-electron chi connectivity index (χ4n) is 1.20. The first-order valence-corrected chi connectivity index (χ1v) is 3.90. The third-order valence-electron chi connectivity index (χ3n) is 2.04. The van der Waals surface area contributed by atoms with Crippen LogP contribution in [-0.2, 0) is 9.53 Å². The highest BCUT2D eigenvalue weighted by Crippen LogP contribution is 2.17. The van der Waals surface area contributed by atoms with Gasteiger partial charge in [0.05, 0.1) is 0 Å². The van der Waals surface area contributed by atoms with Crippen LogP contribution >= 0.6 is 0 Å². The SMILES string of the molecule is CC1CCOC(C=O)CC1. The van der Waals surface area contributed by atoms with Crippen molar-refractivity contribution in [2.75, 3.05) is 6.61 Å². The van der Waals surface area contributed by atoms with Crippen molar-refractivity contribution in [3.63, 3.8) is 0 Å². The summed E-state index contributed by atoms with van der Waals surface area (Å²) in [5, 5.41) is 0. The van der Waals surface area contributed by atoms with Gasteiger partial charge in [-0.3, -0.25) is 0 Å². The average molecular weight is 142 g/mol. The predicted molar refractivity (Wildman–Crippen MR) is 38.8 cm³/mol. The van der Waals surface area contributed by atoms with E-state index in [2.05, 4.69) is 6.92 Å². The molecule has 1 rings (SSSR count). The zero-order chi connectivity index (χ0) is 7.40. The van der Waals surface area contributed by atoms with Crippen molar-refractivity contribution in [3.8, 4) is 0 Å². The van der Waals surface area contributed by atoms with E-state index in [1.165, 1.54) is 0 Å². The monoisotopic (exact) mass is 142 g/mol. The van der Waals surface area contributed by atoms with Gasteiger partial charge in [0.25, 0.3) is 0 Å². The molecule has 1 fully saturated rings. The number of hydrogen-bond donors (Lipinski definition) is 0. The van der Waals surface area contributed by atoms with E-state index in [9.17, 15) is 4.79 Å². The molecule has 0 spiro atoms. The first-order valence-electron chi connectivity index (χ1n) is 3.90. The Bertz CT molecular complexity index is 112. The topological polar surface area (TPSA) is 26.3 Å². The molecule has 1 aliphatic heterocycles. The molecule has 2 atom stereocenters. The standard InChI is InChI=1S/C8H14O2/c1-7-2-3-8(6-9)10-5-4-7/h6-8H,2-5H2,1H3. The van der Waals surface area contributed by atoms with Crippen LogP contribution < -0.4 is 0 Å². The highest BCUT2D eigenvalue weighted by atomic mass is 16.5. The molecule has 0 aromatic carbocycles. The summed E-state index contributed by atoms with van der Waals surface area (Å²) in [6, 6.07) is 0. The molecule has 0 bridgehead atoms. The number of hydrogen-bond acceptors (Lipinski definition) is 2. The van der Waals surface area contributed by atoms with Crippen LogP contribution in [0.3, 0.4) is 0 Å². The molecule has 1 aliphatic rings. The van der Waals surface area contributed by atoms with E-state index in [4.69, 9.17) is 4.74 Å². The summed E-state index contributed by atoms with van der Waals surface area (Å²) in [6.45, 7) is 2.96. The van der Waals surface area contributed by atoms with Gasteiger partial charge in [-0.05, 0) is 25.2 Å². The van der Waals surface area contributed by atoms with E-state index < -0.39 is 0 Å². The van der Waals surface area contributed by atoms with Crippen LogP contribution in [0.2, 0.25) is 0 Å². The summed E-state index contributed by atoms with van der Waals surface area (Å²) in [4.78, 5) is 10.3. The molecule has 0 N–H and O–H groups in total. The van der Waals surface area contributed by atoms with Gasteiger partial charge in [0.15, 0.2) is 0 Å². The molecule has 1 heterocycles. The Labute approximate surface area is 61.6 Å². The zero-order valence-electron chi connectivity index (χ0n) is 6.38. The summed E-state index contributed by atoms with van der Waals surface area (Å²) >= 11 is 0. The summed E-state index contributed by atoms with van der Waals surface area (Å²) in [7, 11) is 0. The minimum Gasteiger partial charge on any atom is -0.371 e. The molecule has 0 aromatic rings. The molecule has 10 heavy (non-hydrogen) atoms. The molecule has 58 valence electrons. The second kappa shape index (κ2) is 3.71. The third-order valence-corrected chi connectivity index (χ3v) is 2.04. The van der Waals surface area contributed by atoms with E-state index in [1.807, 2.05) is 0 Å². The predicted octanol–water partition coefficient (Wildman–Crippen LogP) is 1.39. The zero-order valence-corrected chi connectivity index (χ0v) is 6.38. The van der Waals surface area contributed by atoms with E-state index >= 15 is 0 Å². The van der Waals surface area contributed by atoms with Crippen LogP contribution in [0.25, 0.3) is 0 Å². The summed E-state index contributed by atoms with van der Waals surface area (Å²) in [5.41, 5.74) is 0. The highest BCUT2D eigenvalue weighted by molar-refractivity contribution is 5.55. The largest absolute Gasteiger partial charge is 0.371 e. The number of carbonyl (C=O) groups excluding carboxylic acids is 1. The minimum atomic E-state index is -0.120. The second-order valence-electron chi connectivity index (χ2n) is 3.02. The van der Waals surface area contributed by atoms with Gasteiger partial charge in [0.2, 0.25) is 0 Å². The summed E-state index contributed by atoms with van der Waals surface area (Å²) in [6.07, 6.45) is 3.93. The van der Waals surface area contributed by atoms with Gasteiger partial charge in [-0.2, -0.15) is 0 Å². The van der Waals surface area contributed by atoms with Crippen molar-refractivity contribution < 1.29 is 9.53 Å². The summed E-state index contributed by atoms with van der Waals surface area (Å²) < 4.78 is 5.25. The molecule has 0 aliphatic carbocycles. The van der Waals surface area contributed by atoms with Crippen molar-refractivity contribution in [2.45, 2.75) is 32.3 Å². The van der Waals surface area contributed by atoms with Crippen LogP contribution in [0.5, 0.6) is 0 Å². The van der Waals surface area contributed by atoms with Crippen molar-refractivity contribution >= 4 is 6.29 Å². The fraction of sp³-hybridized carbons (Fsp3) is 0.875. The quantitative estimate of drug-likeness (QED) is 0.517. The Balaban J connectivity index is 2.32. The van der Waals surface area contributed by atoms with E-state index in [-0.39, 0.29) is 6.10 Å². The maximum Gasteiger partial charge on any atom is 0.148 e. The first kappa shape index (κ1) is 7.73. The van der Waals surface area contributed by atoms with Gasteiger partial charge in [0, 0.05) is 6.61 Å². The van der Waals surface area contributed by atoms with Crippen molar-refractivity contribution in [1.29, 1.82) is 0 Å². The normalized spacial score (nSPS) is 34.9. The molecule has 0 saturated carbocycles. The molecule has 0 aromatic heterocycles. The van der Waals surface area contributed by atoms with Crippen molar-refractivity contribution in [3.05, 3.63) is 0 Å². The summed E-state index contributed by atoms with van der Waals surface area (Å²) in [5.74, 6) is 0.727. The Morgan fingerprint density at radius 2 is 2.20 bits per heavy atom. The van der Waals surface area contributed by atoms with Gasteiger partial charge in [-0.25, -0.2) is 0 Å². The lowest BCUT2D eigenvalue weighted by molar-refractivity contribution is -0.117. The smallest absolute Gasteiger partial charge is 0.148 e. The van der Waals surface area contributed by atoms with Crippen LogP contribution in [-0.4, -0.2) is 19.0 Å². The Morgan fingerprint density at radius 3 is 2.90 bits per heavy atom. The van der Waals surface area contributed by atoms with Gasteiger partial charge >= 0.3 is 0 Å². The van der Waals surface area contributed by atoms with E-state index in [0.29, 0.717) is 0 Å². The first-order chi connectivity index (χ1) is 4.83. The maximum atomic E-state index is 10.3. The molecule has 2 unspecified atom stereocenters. The van der Waals surface area contributed by atoms with Crippen molar-refractivity contribution in [2.24, 2.45) is 5.92 Å². The van der Waals surface area contributed by atoms with Crippen molar-refractivity contribution in [1.82, 2.24) is 0 Å². The van der Waals surface area contributed by atoms with Crippen LogP contribution in [0, 0.1) is 5.92 Å². The Kier molecular flexibility index (Phi) is 2.87. The lowest BCUT2D eigenvalue weighted by Gasteiger charge is -2.04. The maximum absolute atomic E-state index is 10.3. The van der Waals surface area contributed by atoms with Gasteiger partial charge in [0.1, 0.15) is 12.4 Å². The van der Waals surface area contributed by atoms with E-state index in [0.717, 1.165) is 38.1 Å². The van der Waals surface area contributed by atoms with Crippen LogP contribution in [0.1, 0.15) is 26.2 Å². The number of carbonyl (C=O) groups is 1. The number of rotatable bonds is 1. The van der Waals surface area contributed by atoms with Crippen LogP contribution in [0.4, 0.5) is 0 Å². The lowest BCUT2D eigenvalue weighted by atomic mass is 10.0. The van der Waals surface area contributed by atoms with Gasteiger partial charge < -0.3 is 9.53 Å². The molecule has 2 nitrogen and oxygen atoms in total. The Morgan fingerprint density at radius 1 is 1.40 bits per heavy atom. The number of ether oxygens (including phenoxy) is 1. The molecule has 0 amide bonds. The second-order valence-corrected chi connectivity index (χ2v) is 3.02. The van der Waals surface area contributed by atoms with E-state index in [1.54, 1.807) is 0 Å². The lowest BCUT2D eigenvalue weighted by Crippen LogP contribution is -2.12. The average Bonchev–Trinajstić information content (AvgIpc) is 2.14. The molecule has 1 saturated heterocycles. The third kappa shape index (κ3) is 2.10.